The summed E-state index contributed by atoms with van der Waals surface area (Å²) in [7, 11) is 0. The van der Waals surface area contributed by atoms with E-state index in [1.165, 1.54) is 0 Å². The first-order chi connectivity index (χ1) is 11.0. The third-order valence-electron chi connectivity index (χ3n) is 4.13. The van der Waals surface area contributed by atoms with Crippen LogP contribution in [0.25, 0.3) is 0 Å². The number of aliphatic carboxylic acids is 1. The minimum absolute atomic E-state index is 0.127. The van der Waals surface area contributed by atoms with Crippen molar-refractivity contribution in [2.75, 3.05) is 6.54 Å². The largest absolute Gasteiger partial charge is 0.481 e. The van der Waals surface area contributed by atoms with Crippen LogP contribution in [0.4, 0.5) is 0 Å². The zero-order valence-corrected chi connectivity index (χ0v) is 13.1. The maximum absolute atomic E-state index is 12.9. The first-order valence-electron chi connectivity index (χ1n) is 7.62. The summed E-state index contributed by atoms with van der Waals surface area (Å²) < 4.78 is 0. The summed E-state index contributed by atoms with van der Waals surface area (Å²) >= 11 is 0. The van der Waals surface area contributed by atoms with Crippen LogP contribution in [-0.2, 0) is 4.79 Å². The smallest absolute Gasteiger partial charge is 0.313 e. The fourth-order valence-electron chi connectivity index (χ4n) is 3.25. The van der Waals surface area contributed by atoms with Crippen molar-refractivity contribution >= 4 is 11.9 Å². The van der Waals surface area contributed by atoms with Gasteiger partial charge in [-0.1, -0.05) is 32.0 Å². The van der Waals surface area contributed by atoms with Crippen molar-refractivity contribution in [1.29, 1.82) is 0 Å². The predicted molar refractivity (Wildman–Crippen MR) is 84.0 cm³/mol. The van der Waals surface area contributed by atoms with E-state index in [1.54, 1.807) is 41.6 Å². The molecule has 0 bridgehead atoms. The van der Waals surface area contributed by atoms with Crippen LogP contribution in [0.1, 0.15) is 47.3 Å². The Morgan fingerprint density at radius 1 is 1.39 bits per heavy atom. The van der Waals surface area contributed by atoms with Gasteiger partial charge in [-0.3, -0.25) is 14.7 Å². The molecule has 3 rings (SSSR count). The number of aromatic amines is 1. The summed E-state index contributed by atoms with van der Waals surface area (Å²) in [5, 5.41) is 16.5. The summed E-state index contributed by atoms with van der Waals surface area (Å²) in [6, 6.07) is 6.41. The number of carboxylic acid groups (broad SMARTS) is 1. The molecule has 1 amide bonds. The van der Waals surface area contributed by atoms with E-state index in [-0.39, 0.29) is 11.8 Å². The highest BCUT2D eigenvalue weighted by molar-refractivity contribution is 6.00. The summed E-state index contributed by atoms with van der Waals surface area (Å²) in [5.74, 6) is -1.64. The number of carboxylic acids is 1. The van der Waals surface area contributed by atoms with Gasteiger partial charge in [0.1, 0.15) is 5.92 Å². The number of carbonyl (C=O) groups is 2. The van der Waals surface area contributed by atoms with Crippen molar-refractivity contribution in [2.45, 2.75) is 25.8 Å². The fourth-order valence-corrected chi connectivity index (χ4v) is 3.25. The molecule has 23 heavy (non-hydrogen) atoms. The minimum atomic E-state index is -0.940. The zero-order chi connectivity index (χ0) is 16.6. The molecule has 0 saturated heterocycles. The summed E-state index contributed by atoms with van der Waals surface area (Å²) in [4.78, 5) is 26.6. The van der Waals surface area contributed by atoms with E-state index in [0.717, 1.165) is 0 Å². The van der Waals surface area contributed by atoms with E-state index in [1.807, 2.05) is 13.8 Å². The molecule has 1 aliphatic heterocycles. The third kappa shape index (κ3) is 2.60. The number of rotatable bonds is 4. The molecule has 2 N–H and O–H groups in total. The van der Waals surface area contributed by atoms with Gasteiger partial charge in [-0.25, -0.2) is 0 Å². The number of carbonyl (C=O) groups excluding carboxylic acids is 1. The molecular weight excluding hydrogens is 294 g/mol. The summed E-state index contributed by atoms with van der Waals surface area (Å²) in [6.07, 6.45) is 3.25. The molecular formula is C17H19N3O3. The van der Waals surface area contributed by atoms with Crippen LogP contribution >= 0.6 is 0 Å². The van der Waals surface area contributed by atoms with Gasteiger partial charge < -0.3 is 10.0 Å². The van der Waals surface area contributed by atoms with E-state index in [4.69, 9.17) is 0 Å². The standard InChI is InChI=1S/C17H19N3O3/c1-10(2)9-20-15(11-7-18-19-8-11)14(17(22)23)12-5-3-4-6-13(12)16(20)21/h3-8,10,14-15H,9H2,1-2H3,(H,18,19)(H,22,23). The van der Waals surface area contributed by atoms with Crippen LogP contribution in [0.3, 0.4) is 0 Å². The van der Waals surface area contributed by atoms with Crippen molar-refractivity contribution in [3.63, 3.8) is 0 Å². The van der Waals surface area contributed by atoms with Crippen LogP contribution in [0.2, 0.25) is 0 Å². The molecule has 1 aromatic heterocycles. The fraction of sp³-hybridized carbons (Fsp3) is 0.353. The monoisotopic (exact) mass is 313 g/mol. The van der Waals surface area contributed by atoms with Crippen LogP contribution in [0, 0.1) is 5.92 Å². The van der Waals surface area contributed by atoms with Crippen LogP contribution in [0.5, 0.6) is 0 Å². The molecule has 2 atom stereocenters. The molecule has 0 saturated carbocycles. The first kappa shape index (κ1) is 15.3. The highest BCUT2D eigenvalue weighted by Gasteiger charge is 2.44. The Labute approximate surface area is 134 Å². The zero-order valence-electron chi connectivity index (χ0n) is 13.1. The Kier molecular flexibility index (Phi) is 3.90. The van der Waals surface area contributed by atoms with Crippen LogP contribution < -0.4 is 0 Å². The molecule has 6 nitrogen and oxygen atoms in total. The number of H-pyrrole nitrogens is 1. The molecule has 1 aromatic carbocycles. The van der Waals surface area contributed by atoms with Crippen molar-refractivity contribution < 1.29 is 14.7 Å². The van der Waals surface area contributed by atoms with Crippen molar-refractivity contribution in [3.8, 4) is 0 Å². The SMILES string of the molecule is CC(C)CN1C(=O)c2ccccc2C(C(=O)O)C1c1cn[nH]c1. The molecule has 0 spiro atoms. The Hall–Kier alpha value is -2.63. The van der Waals surface area contributed by atoms with Gasteiger partial charge in [0.05, 0.1) is 12.2 Å². The van der Waals surface area contributed by atoms with Crippen molar-refractivity contribution in [1.82, 2.24) is 15.1 Å². The second kappa shape index (κ2) is 5.87. The number of hydrogen-bond donors (Lipinski definition) is 2. The van der Waals surface area contributed by atoms with Gasteiger partial charge in [0.15, 0.2) is 0 Å². The van der Waals surface area contributed by atoms with Crippen LogP contribution in [-0.4, -0.2) is 38.6 Å². The number of nitrogens with zero attached hydrogens (tertiary/aromatic N) is 2. The Morgan fingerprint density at radius 2 is 2.13 bits per heavy atom. The molecule has 2 unspecified atom stereocenters. The maximum Gasteiger partial charge on any atom is 0.313 e. The van der Waals surface area contributed by atoms with Gasteiger partial charge in [0.25, 0.3) is 5.91 Å². The van der Waals surface area contributed by atoms with Gasteiger partial charge >= 0.3 is 5.97 Å². The van der Waals surface area contributed by atoms with Crippen LogP contribution in [0.15, 0.2) is 36.7 Å². The van der Waals surface area contributed by atoms with Crippen molar-refractivity contribution in [3.05, 3.63) is 53.3 Å². The number of amides is 1. The van der Waals surface area contributed by atoms with Crippen molar-refractivity contribution in [2.24, 2.45) is 5.92 Å². The lowest BCUT2D eigenvalue weighted by Crippen LogP contribution is -2.46. The van der Waals surface area contributed by atoms with E-state index in [9.17, 15) is 14.7 Å². The number of benzene rings is 1. The van der Waals surface area contributed by atoms with Gasteiger partial charge in [-0.15, -0.1) is 0 Å². The lowest BCUT2D eigenvalue weighted by Gasteiger charge is -2.41. The Balaban J connectivity index is 2.19. The molecule has 0 radical (unpaired) electrons. The van der Waals surface area contributed by atoms with Gasteiger partial charge in [-0.2, -0.15) is 5.10 Å². The third-order valence-corrected chi connectivity index (χ3v) is 4.13. The quantitative estimate of drug-likeness (QED) is 0.907. The molecule has 6 heteroatoms. The minimum Gasteiger partial charge on any atom is -0.481 e. The van der Waals surface area contributed by atoms with E-state index >= 15 is 0 Å². The number of nitrogens with one attached hydrogen (secondary N) is 1. The maximum atomic E-state index is 12.9. The molecule has 120 valence electrons. The van der Waals surface area contributed by atoms with E-state index in [0.29, 0.717) is 23.2 Å². The Bertz CT molecular complexity index is 724. The average molecular weight is 313 g/mol. The first-order valence-corrected chi connectivity index (χ1v) is 7.62. The lowest BCUT2D eigenvalue weighted by molar-refractivity contribution is -0.140. The van der Waals surface area contributed by atoms with Gasteiger partial charge in [0, 0.05) is 23.9 Å². The highest BCUT2D eigenvalue weighted by atomic mass is 16.4. The topological polar surface area (TPSA) is 86.3 Å². The second-order valence-corrected chi connectivity index (χ2v) is 6.23. The number of aromatic nitrogens is 2. The average Bonchev–Trinajstić information content (AvgIpc) is 3.03. The highest BCUT2D eigenvalue weighted by Crippen LogP contribution is 2.42. The lowest BCUT2D eigenvalue weighted by atomic mass is 9.80. The molecule has 2 aromatic rings. The normalized spacial score (nSPS) is 20.7. The van der Waals surface area contributed by atoms with E-state index < -0.39 is 17.9 Å². The summed E-state index contributed by atoms with van der Waals surface area (Å²) in [6.45, 7) is 4.51. The molecule has 0 fully saturated rings. The summed E-state index contributed by atoms with van der Waals surface area (Å²) in [5.41, 5.74) is 1.75. The van der Waals surface area contributed by atoms with Gasteiger partial charge in [-0.05, 0) is 17.5 Å². The van der Waals surface area contributed by atoms with Gasteiger partial charge in [0.2, 0.25) is 0 Å². The molecule has 1 aliphatic rings. The molecule has 0 aliphatic carbocycles. The molecule has 2 heterocycles. The Morgan fingerprint density at radius 3 is 2.74 bits per heavy atom. The van der Waals surface area contributed by atoms with E-state index in [2.05, 4.69) is 10.2 Å². The number of hydrogen-bond acceptors (Lipinski definition) is 3. The second-order valence-electron chi connectivity index (χ2n) is 6.23. The number of fused-ring (bicyclic) bond motifs is 1. The predicted octanol–water partition coefficient (Wildman–Crippen LogP) is 2.43.